The number of nitrogens with one attached hydrogen (secondary N) is 1. The van der Waals surface area contributed by atoms with Crippen molar-refractivity contribution in [3.63, 3.8) is 0 Å². The molecule has 100 valence electrons. The van der Waals surface area contributed by atoms with Gasteiger partial charge >= 0.3 is 0 Å². The van der Waals surface area contributed by atoms with Gasteiger partial charge in [0, 0.05) is 5.69 Å². The Bertz CT molecular complexity index is 695. The number of hydrogen-bond acceptors (Lipinski definition) is 3. The Morgan fingerprint density at radius 2 is 2.10 bits per heavy atom. The number of nitrogens with zero attached hydrogens (tertiary/aromatic N) is 1. The molecular formula is C15H11BrN2OS. The van der Waals surface area contributed by atoms with E-state index < -0.39 is 5.91 Å². The van der Waals surface area contributed by atoms with Crippen molar-refractivity contribution in [2.24, 2.45) is 0 Å². The lowest BCUT2D eigenvalue weighted by atomic mass is 10.2. The van der Waals surface area contributed by atoms with Gasteiger partial charge in [0.2, 0.25) is 0 Å². The first kappa shape index (κ1) is 14.5. The highest BCUT2D eigenvalue weighted by atomic mass is 79.9. The van der Waals surface area contributed by atoms with Gasteiger partial charge in [0.15, 0.2) is 0 Å². The van der Waals surface area contributed by atoms with Crippen molar-refractivity contribution in [3.05, 3.63) is 56.2 Å². The van der Waals surface area contributed by atoms with Gasteiger partial charge in [-0.1, -0.05) is 17.7 Å². The summed E-state index contributed by atoms with van der Waals surface area (Å²) in [7, 11) is 0. The number of carbonyl (C=O) groups excluding carboxylic acids is 1. The van der Waals surface area contributed by atoms with Crippen LogP contribution in [0.4, 0.5) is 5.69 Å². The average Bonchev–Trinajstić information content (AvgIpc) is 2.84. The summed E-state index contributed by atoms with van der Waals surface area (Å²) in [6, 6.07) is 11.2. The number of nitriles is 1. The lowest BCUT2D eigenvalue weighted by Crippen LogP contribution is -2.13. The van der Waals surface area contributed by atoms with E-state index in [9.17, 15) is 4.79 Å². The van der Waals surface area contributed by atoms with Gasteiger partial charge in [-0.2, -0.15) is 5.26 Å². The summed E-state index contributed by atoms with van der Waals surface area (Å²) < 4.78 is 0.958. The first-order valence-corrected chi connectivity index (χ1v) is 7.49. The predicted octanol–water partition coefficient (Wildman–Crippen LogP) is 4.36. The van der Waals surface area contributed by atoms with E-state index in [1.807, 2.05) is 48.7 Å². The fourth-order valence-electron chi connectivity index (χ4n) is 1.55. The molecule has 1 amide bonds. The SMILES string of the molecule is Cc1ccc(NC(=O)/C(C#N)=C/c2csc(Br)c2)cc1. The van der Waals surface area contributed by atoms with Gasteiger partial charge in [-0.25, -0.2) is 0 Å². The van der Waals surface area contributed by atoms with Crippen LogP contribution < -0.4 is 5.32 Å². The maximum absolute atomic E-state index is 12.0. The minimum atomic E-state index is -0.404. The van der Waals surface area contributed by atoms with E-state index in [2.05, 4.69) is 21.2 Å². The molecule has 2 aromatic rings. The fourth-order valence-corrected chi connectivity index (χ4v) is 2.68. The minimum absolute atomic E-state index is 0.0795. The second-order valence-electron chi connectivity index (χ2n) is 4.17. The van der Waals surface area contributed by atoms with Crippen molar-refractivity contribution in [2.75, 3.05) is 5.32 Å². The summed E-state index contributed by atoms with van der Waals surface area (Å²) in [4.78, 5) is 12.0. The van der Waals surface area contributed by atoms with Crippen LogP contribution >= 0.6 is 27.3 Å². The monoisotopic (exact) mass is 346 g/mol. The molecule has 0 aliphatic carbocycles. The molecule has 0 atom stereocenters. The molecule has 0 spiro atoms. The third kappa shape index (κ3) is 3.80. The van der Waals surface area contributed by atoms with Crippen molar-refractivity contribution in [1.29, 1.82) is 5.26 Å². The zero-order chi connectivity index (χ0) is 14.5. The number of aryl methyl sites for hydroxylation is 1. The Balaban J connectivity index is 2.16. The lowest BCUT2D eigenvalue weighted by molar-refractivity contribution is -0.112. The number of benzene rings is 1. The molecule has 3 nitrogen and oxygen atoms in total. The summed E-state index contributed by atoms with van der Waals surface area (Å²) in [6.07, 6.45) is 1.57. The van der Waals surface area contributed by atoms with Crippen LogP contribution in [0.1, 0.15) is 11.1 Å². The van der Waals surface area contributed by atoms with Crippen LogP contribution in [0, 0.1) is 18.3 Å². The maximum Gasteiger partial charge on any atom is 0.266 e. The molecule has 0 saturated heterocycles. The molecule has 1 aromatic heterocycles. The van der Waals surface area contributed by atoms with Gasteiger partial charge in [-0.15, -0.1) is 11.3 Å². The van der Waals surface area contributed by atoms with E-state index in [0.29, 0.717) is 5.69 Å². The maximum atomic E-state index is 12.0. The summed E-state index contributed by atoms with van der Waals surface area (Å²) in [5.74, 6) is -0.404. The predicted molar refractivity (Wildman–Crippen MR) is 85.4 cm³/mol. The van der Waals surface area contributed by atoms with E-state index in [1.54, 1.807) is 6.08 Å². The number of carbonyl (C=O) groups is 1. The Morgan fingerprint density at radius 1 is 1.40 bits per heavy atom. The van der Waals surface area contributed by atoms with Gasteiger partial charge in [-0.3, -0.25) is 4.79 Å². The quantitative estimate of drug-likeness (QED) is 0.662. The molecule has 20 heavy (non-hydrogen) atoms. The number of thiophene rings is 1. The van der Waals surface area contributed by atoms with Crippen molar-refractivity contribution in [2.45, 2.75) is 6.92 Å². The van der Waals surface area contributed by atoms with Crippen LogP contribution in [0.25, 0.3) is 6.08 Å². The van der Waals surface area contributed by atoms with Gasteiger partial charge in [-0.05, 0) is 58.1 Å². The molecule has 1 heterocycles. The fraction of sp³-hybridized carbons (Fsp3) is 0.0667. The Labute approximate surface area is 129 Å². The highest BCUT2D eigenvalue weighted by molar-refractivity contribution is 9.11. The van der Waals surface area contributed by atoms with Crippen LogP contribution in [-0.2, 0) is 4.79 Å². The smallest absolute Gasteiger partial charge is 0.266 e. The van der Waals surface area contributed by atoms with Crippen LogP contribution in [0.15, 0.2) is 45.1 Å². The molecule has 0 aliphatic heterocycles. The van der Waals surface area contributed by atoms with E-state index in [1.165, 1.54) is 11.3 Å². The van der Waals surface area contributed by atoms with Crippen LogP contribution in [0.2, 0.25) is 0 Å². The number of halogens is 1. The second kappa shape index (κ2) is 6.51. The average molecular weight is 347 g/mol. The number of hydrogen-bond donors (Lipinski definition) is 1. The number of amides is 1. The molecule has 2 rings (SSSR count). The van der Waals surface area contributed by atoms with Crippen molar-refractivity contribution < 1.29 is 4.79 Å². The summed E-state index contributed by atoms with van der Waals surface area (Å²) in [6.45, 7) is 1.97. The van der Waals surface area contributed by atoms with Gasteiger partial charge in [0.05, 0.1) is 3.79 Å². The van der Waals surface area contributed by atoms with Crippen molar-refractivity contribution in [3.8, 4) is 6.07 Å². The molecule has 0 unspecified atom stereocenters. The standard InChI is InChI=1S/C15H11BrN2OS/c1-10-2-4-13(5-3-10)18-15(19)12(8-17)6-11-7-14(16)20-9-11/h2-7,9H,1H3,(H,18,19)/b12-6+. The Morgan fingerprint density at radius 3 is 2.65 bits per heavy atom. The summed E-state index contributed by atoms with van der Waals surface area (Å²) >= 11 is 4.85. The lowest BCUT2D eigenvalue weighted by Gasteiger charge is -2.04. The minimum Gasteiger partial charge on any atom is -0.321 e. The Kier molecular flexibility index (Phi) is 4.72. The summed E-state index contributed by atoms with van der Waals surface area (Å²) in [5.41, 5.74) is 2.70. The van der Waals surface area contributed by atoms with Crippen molar-refractivity contribution >= 4 is 44.9 Å². The largest absolute Gasteiger partial charge is 0.321 e. The zero-order valence-electron chi connectivity index (χ0n) is 10.7. The van der Waals surface area contributed by atoms with E-state index in [-0.39, 0.29) is 5.57 Å². The molecule has 0 fully saturated rings. The third-order valence-electron chi connectivity index (χ3n) is 2.57. The molecule has 5 heteroatoms. The molecule has 0 bridgehead atoms. The Hall–Kier alpha value is -1.90. The van der Waals surface area contributed by atoms with Crippen molar-refractivity contribution in [1.82, 2.24) is 0 Å². The molecule has 1 N–H and O–H groups in total. The molecule has 0 radical (unpaired) electrons. The summed E-state index contributed by atoms with van der Waals surface area (Å²) in [5, 5.41) is 13.7. The first-order valence-electron chi connectivity index (χ1n) is 5.82. The van der Waals surface area contributed by atoms with Crippen LogP contribution in [-0.4, -0.2) is 5.91 Å². The highest BCUT2D eigenvalue weighted by Gasteiger charge is 2.09. The normalized spacial score (nSPS) is 10.9. The molecule has 1 aromatic carbocycles. The number of rotatable bonds is 3. The molecule has 0 aliphatic rings. The highest BCUT2D eigenvalue weighted by Crippen LogP contribution is 2.22. The van der Waals surface area contributed by atoms with Gasteiger partial charge in [0.1, 0.15) is 11.6 Å². The van der Waals surface area contributed by atoms with E-state index in [0.717, 1.165) is 14.9 Å². The number of anilines is 1. The zero-order valence-corrected chi connectivity index (χ0v) is 13.1. The van der Waals surface area contributed by atoms with Crippen LogP contribution in [0.5, 0.6) is 0 Å². The second-order valence-corrected chi connectivity index (χ2v) is 6.46. The first-order chi connectivity index (χ1) is 9.58. The van der Waals surface area contributed by atoms with Gasteiger partial charge in [0.25, 0.3) is 5.91 Å². The van der Waals surface area contributed by atoms with E-state index in [4.69, 9.17) is 5.26 Å². The molecule has 0 saturated carbocycles. The van der Waals surface area contributed by atoms with Crippen LogP contribution in [0.3, 0.4) is 0 Å². The van der Waals surface area contributed by atoms with E-state index >= 15 is 0 Å². The topological polar surface area (TPSA) is 52.9 Å². The third-order valence-corrected chi connectivity index (χ3v) is 4.10. The van der Waals surface area contributed by atoms with Gasteiger partial charge < -0.3 is 5.32 Å². The molecular weight excluding hydrogens is 336 g/mol.